The highest BCUT2D eigenvalue weighted by atomic mass is 16.3. The molecule has 0 atom stereocenters. The molecular formula is C8H13NO. The number of aryl methyl sites for hydroxylation is 1. The molecule has 0 aliphatic heterocycles. The van der Waals surface area contributed by atoms with E-state index < -0.39 is 0 Å². The number of hydrogen-bond acceptors (Lipinski definition) is 2. The molecule has 0 aliphatic rings. The van der Waals surface area contributed by atoms with Gasteiger partial charge in [0, 0.05) is 0 Å². The summed E-state index contributed by atoms with van der Waals surface area (Å²) in [6.07, 6.45) is 1.03. The maximum absolute atomic E-state index is 8.85. The molecule has 2 heteroatoms. The van der Waals surface area contributed by atoms with Crippen LogP contribution in [0.3, 0.4) is 0 Å². The van der Waals surface area contributed by atoms with Crippen LogP contribution in [0.1, 0.15) is 12.5 Å². The number of hydrogen-bond donors (Lipinski definition) is 2. The monoisotopic (exact) mass is 139 g/mol. The van der Waals surface area contributed by atoms with Gasteiger partial charge in [-0.1, -0.05) is 19.1 Å². The summed E-state index contributed by atoms with van der Waals surface area (Å²) < 4.78 is 0. The lowest BCUT2D eigenvalue weighted by Gasteiger charge is -1.93. The molecule has 0 radical (unpaired) electrons. The zero-order valence-electron chi connectivity index (χ0n) is 6.17. The first kappa shape index (κ1) is 8.98. The third-order valence-electron chi connectivity index (χ3n) is 1.34. The van der Waals surface area contributed by atoms with E-state index in [2.05, 4.69) is 6.92 Å². The fourth-order valence-electron chi connectivity index (χ4n) is 0.732. The van der Waals surface area contributed by atoms with E-state index in [4.69, 9.17) is 5.11 Å². The Bertz CT molecular complexity index is 181. The Morgan fingerprint density at radius 2 is 1.70 bits per heavy atom. The van der Waals surface area contributed by atoms with Gasteiger partial charge in [0.1, 0.15) is 5.75 Å². The van der Waals surface area contributed by atoms with Gasteiger partial charge in [0.25, 0.3) is 0 Å². The van der Waals surface area contributed by atoms with Gasteiger partial charge < -0.3 is 11.3 Å². The highest BCUT2D eigenvalue weighted by Crippen LogP contribution is 2.09. The third-order valence-corrected chi connectivity index (χ3v) is 1.34. The lowest BCUT2D eigenvalue weighted by molar-refractivity contribution is 0.475. The van der Waals surface area contributed by atoms with Gasteiger partial charge in [-0.15, -0.1) is 0 Å². The lowest BCUT2D eigenvalue weighted by Crippen LogP contribution is -1.75. The molecule has 0 spiro atoms. The predicted molar refractivity (Wildman–Crippen MR) is 42.5 cm³/mol. The maximum atomic E-state index is 8.85. The van der Waals surface area contributed by atoms with E-state index in [1.165, 1.54) is 5.56 Å². The van der Waals surface area contributed by atoms with Crippen LogP contribution >= 0.6 is 0 Å². The van der Waals surface area contributed by atoms with Crippen molar-refractivity contribution in [2.24, 2.45) is 0 Å². The van der Waals surface area contributed by atoms with Crippen LogP contribution < -0.4 is 6.15 Å². The number of rotatable bonds is 1. The van der Waals surface area contributed by atoms with E-state index in [0.29, 0.717) is 5.75 Å². The summed E-state index contributed by atoms with van der Waals surface area (Å²) in [5, 5.41) is 8.85. The molecule has 1 aromatic rings. The maximum Gasteiger partial charge on any atom is 0.115 e. The van der Waals surface area contributed by atoms with E-state index in [1.54, 1.807) is 12.1 Å². The SMILES string of the molecule is CCc1ccc(O)cc1.N. The van der Waals surface area contributed by atoms with Gasteiger partial charge in [0.05, 0.1) is 0 Å². The van der Waals surface area contributed by atoms with Gasteiger partial charge in [-0.25, -0.2) is 0 Å². The van der Waals surface area contributed by atoms with Crippen LogP contribution in [0.5, 0.6) is 5.75 Å². The Labute approximate surface area is 61.1 Å². The van der Waals surface area contributed by atoms with Crippen LogP contribution in [0.4, 0.5) is 0 Å². The summed E-state index contributed by atoms with van der Waals surface area (Å²) in [7, 11) is 0. The summed E-state index contributed by atoms with van der Waals surface area (Å²) in [6, 6.07) is 7.27. The summed E-state index contributed by atoms with van der Waals surface area (Å²) in [5.74, 6) is 0.340. The third kappa shape index (κ3) is 2.07. The molecule has 0 unspecified atom stereocenters. The van der Waals surface area contributed by atoms with Gasteiger partial charge in [-0.05, 0) is 24.1 Å². The van der Waals surface area contributed by atoms with Crippen LogP contribution in [0.2, 0.25) is 0 Å². The van der Waals surface area contributed by atoms with E-state index >= 15 is 0 Å². The first-order chi connectivity index (χ1) is 4.33. The number of phenols is 1. The topological polar surface area (TPSA) is 55.2 Å². The minimum Gasteiger partial charge on any atom is -0.508 e. The molecule has 4 N–H and O–H groups in total. The highest BCUT2D eigenvalue weighted by molar-refractivity contribution is 5.25. The van der Waals surface area contributed by atoms with Crippen molar-refractivity contribution >= 4 is 0 Å². The van der Waals surface area contributed by atoms with Crippen molar-refractivity contribution in [2.75, 3.05) is 0 Å². The van der Waals surface area contributed by atoms with Crippen LogP contribution in [0.25, 0.3) is 0 Å². The van der Waals surface area contributed by atoms with Crippen molar-refractivity contribution in [3.05, 3.63) is 29.8 Å². The molecule has 0 amide bonds. The molecule has 0 fully saturated rings. The molecule has 0 aromatic heterocycles. The van der Waals surface area contributed by atoms with Gasteiger partial charge in [0.2, 0.25) is 0 Å². The summed E-state index contributed by atoms with van der Waals surface area (Å²) in [5.41, 5.74) is 1.26. The molecule has 0 aliphatic carbocycles. The Kier molecular flexibility index (Phi) is 3.51. The van der Waals surface area contributed by atoms with Crippen molar-refractivity contribution in [3.8, 4) is 5.75 Å². The van der Waals surface area contributed by atoms with Crippen molar-refractivity contribution in [3.63, 3.8) is 0 Å². The molecule has 0 saturated carbocycles. The van der Waals surface area contributed by atoms with E-state index in [0.717, 1.165) is 6.42 Å². The summed E-state index contributed by atoms with van der Waals surface area (Å²) >= 11 is 0. The molecule has 1 rings (SSSR count). The molecule has 2 nitrogen and oxygen atoms in total. The van der Waals surface area contributed by atoms with Gasteiger partial charge in [-0.2, -0.15) is 0 Å². The van der Waals surface area contributed by atoms with Crippen molar-refractivity contribution < 1.29 is 5.11 Å². The summed E-state index contributed by atoms with van der Waals surface area (Å²) in [6.45, 7) is 2.09. The first-order valence-corrected chi connectivity index (χ1v) is 3.11. The van der Waals surface area contributed by atoms with Gasteiger partial charge in [0.15, 0.2) is 0 Å². The largest absolute Gasteiger partial charge is 0.508 e. The smallest absolute Gasteiger partial charge is 0.115 e. The van der Waals surface area contributed by atoms with E-state index in [9.17, 15) is 0 Å². The second-order valence-electron chi connectivity index (χ2n) is 2.02. The molecule has 0 saturated heterocycles. The summed E-state index contributed by atoms with van der Waals surface area (Å²) in [4.78, 5) is 0. The second kappa shape index (κ2) is 3.90. The number of phenolic OH excluding ortho intramolecular Hbond substituents is 1. The van der Waals surface area contributed by atoms with E-state index in [-0.39, 0.29) is 6.15 Å². The number of aromatic hydroxyl groups is 1. The van der Waals surface area contributed by atoms with Crippen molar-refractivity contribution in [1.82, 2.24) is 6.15 Å². The van der Waals surface area contributed by atoms with Gasteiger partial charge >= 0.3 is 0 Å². The highest BCUT2D eigenvalue weighted by Gasteiger charge is 1.86. The number of benzene rings is 1. The van der Waals surface area contributed by atoms with Crippen LogP contribution in [0.15, 0.2) is 24.3 Å². The zero-order valence-corrected chi connectivity index (χ0v) is 6.17. The van der Waals surface area contributed by atoms with Crippen molar-refractivity contribution in [2.45, 2.75) is 13.3 Å². The lowest BCUT2D eigenvalue weighted by atomic mass is 10.2. The molecule has 0 bridgehead atoms. The van der Waals surface area contributed by atoms with Crippen LogP contribution in [0, 0.1) is 0 Å². The molecule has 56 valence electrons. The van der Waals surface area contributed by atoms with Crippen LogP contribution in [-0.2, 0) is 6.42 Å². The normalized spacial score (nSPS) is 8.50. The standard InChI is InChI=1S/C8H10O.H3N/c1-2-7-3-5-8(9)6-4-7;/h3-6,9H,2H2,1H3;1H3. The molecular weight excluding hydrogens is 126 g/mol. The Morgan fingerprint density at radius 3 is 2.10 bits per heavy atom. The Hall–Kier alpha value is -1.02. The van der Waals surface area contributed by atoms with Crippen molar-refractivity contribution in [1.29, 1.82) is 0 Å². The Morgan fingerprint density at radius 1 is 1.20 bits per heavy atom. The average molecular weight is 139 g/mol. The Balaban J connectivity index is 0.000000810. The molecule has 1 aromatic carbocycles. The van der Waals surface area contributed by atoms with Crippen LogP contribution in [-0.4, -0.2) is 5.11 Å². The molecule has 0 heterocycles. The van der Waals surface area contributed by atoms with Gasteiger partial charge in [-0.3, -0.25) is 0 Å². The minimum atomic E-state index is 0. The fraction of sp³-hybridized carbons (Fsp3) is 0.250. The zero-order chi connectivity index (χ0) is 6.69. The quantitative estimate of drug-likeness (QED) is 0.626. The second-order valence-corrected chi connectivity index (χ2v) is 2.02. The first-order valence-electron chi connectivity index (χ1n) is 3.11. The minimum absolute atomic E-state index is 0. The fourth-order valence-corrected chi connectivity index (χ4v) is 0.732. The average Bonchev–Trinajstić information content (AvgIpc) is 1.90. The molecule has 10 heavy (non-hydrogen) atoms. The van der Waals surface area contributed by atoms with E-state index in [1.807, 2.05) is 12.1 Å². The predicted octanol–water partition coefficient (Wildman–Crippen LogP) is 2.12.